The molecule has 0 saturated heterocycles. The van der Waals surface area contributed by atoms with Gasteiger partial charge in [0.15, 0.2) is 0 Å². The minimum absolute atomic E-state index is 0.0666. The third-order valence-corrected chi connectivity index (χ3v) is 7.62. The van der Waals surface area contributed by atoms with Crippen molar-refractivity contribution >= 4 is 35.1 Å². The molecule has 0 radical (unpaired) electrons. The van der Waals surface area contributed by atoms with Crippen LogP contribution in [0.2, 0.25) is 0 Å². The number of hydrogen-bond acceptors (Lipinski definition) is 6. The molecule has 8 nitrogen and oxygen atoms in total. The van der Waals surface area contributed by atoms with Gasteiger partial charge in [0.05, 0.1) is 23.7 Å². The van der Waals surface area contributed by atoms with E-state index < -0.39 is 48.4 Å². The summed E-state index contributed by atoms with van der Waals surface area (Å²) in [6, 6.07) is 27.2. The first-order valence-electron chi connectivity index (χ1n) is 15.1. The van der Waals surface area contributed by atoms with Crippen LogP contribution >= 0.6 is 0 Å². The molecule has 11 heteroatoms. The fourth-order valence-electron chi connectivity index (χ4n) is 5.47. The maximum Gasteiger partial charge on any atom is 0.491 e. The number of nitrogens with two attached hydrogens (primary N) is 1. The molecule has 1 aliphatic heterocycles. The first kappa shape index (κ1) is 33.6. The lowest BCUT2D eigenvalue weighted by Crippen LogP contribution is -2.44. The molecular weight excluding hydrogens is 623 g/mol. The minimum atomic E-state index is -5.42. The van der Waals surface area contributed by atoms with Crippen molar-refractivity contribution in [3.05, 3.63) is 131 Å². The predicted molar refractivity (Wildman–Crippen MR) is 172 cm³/mol. The predicted octanol–water partition coefficient (Wildman–Crippen LogP) is 6.40. The fraction of sp³-hybridized carbons (Fsp3) is 0.189. The van der Waals surface area contributed by atoms with Gasteiger partial charge in [-0.15, -0.1) is 0 Å². The van der Waals surface area contributed by atoms with Gasteiger partial charge in [0.2, 0.25) is 0 Å². The second-order valence-electron chi connectivity index (χ2n) is 10.9. The number of benzene rings is 4. The molecule has 1 heterocycles. The first-order valence-corrected chi connectivity index (χ1v) is 15.1. The van der Waals surface area contributed by atoms with Gasteiger partial charge >= 0.3 is 18.1 Å². The summed E-state index contributed by atoms with van der Waals surface area (Å²) in [5.41, 5.74) is 7.53. The van der Waals surface area contributed by atoms with Gasteiger partial charge in [-0.3, -0.25) is 19.3 Å². The number of anilines is 2. The summed E-state index contributed by atoms with van der Waals surface area (Å²) in [7, 11) is 0. The number of nitrogens with zero attached hydrogens (tertiary/aromatic N) is 2. The number of para-hydroxylation sites is 1. The molecule has 4 aromatic carbocycles. The van der Waals surface area contributed by atoms with Crippen molar-refractivity contribution < 1.29 is 37.1 Å². The van der Waals surface area contributed by atoms with Gasteiger partial charge in [0.25, 0.3) is 11.8 Å². The van der Waals surface area contributed by atoms with Gasteiger partial charge in [0, 0.05) is 17.7 Å². The third-order valence-electron chi connectivity index (χ3n) is 7.62. The first-order chi connectivity index (χ1) is 23.1. The van der Waals surface area contributed by atoms with E-state index in [4.69, 9.17) is 5.73 Å². The lowest BCUT2D eigenvalue weighted by Gasteiger charge is -2.37. The summed E-state index contributed by atoms with van der Waals surface area (Å²) in [6.07, 6.45) is -5.10. The number of carbonyl (C=O) groups is 4. The van der Waals surface area contributed by atoms with E-state index in [-0.39, 0.29) is 11.3 Å². The Morgan fingerprint density at radius 2 is 1.50 bits per heavy atom. The molecule has 0 saturated carbocycles. The molecule has 0 aliphatic carbocycles. The molecule has 0 fully saturated rings. The van der Waals surface area contributed by atoms with Gasteiger partial charge in [-0.25, -0.2) is 4.79 Å². The van der Waals surface area contributed by atoms with Crippen LogP contribution in [0.3, 0.4) is 0 Å². The standard InChI is InChI=1S/C37H30F3N3O5/c38-37(39,40)36(47)48-32(44)24-31(26-14-6-1-7-15-26)43-33(27-16-8-2-9-17-27)35(46)42(28-18-10-3-11-19-28)30-21-20-25(13-5-4-12-22-41)23-29(30)34(43)45/h1-3,6-11,14-21,23,31,33H,4,12,22,24,41H2. The van der Waals surface area contributed by atoms with Crippen molar-refractivity contribution in [1.82, 2.24) is 4.90 Å². The maximum absolute atomic E-state index is 14.9. The summed E-state index contributed by atoms with van der Waals surface area (Å²) in [6.45, 7) is 0.458. The Labute approximate surface area is 274 Å². The molecule has 5 rings (SSSR count). The Morgan fingerprint density at radius 3 is 2.12 bits per heavy atom. The number of alkyl halides is 3. The van der Waals surface area contributed by atoms with Gasteiger partial charge < -0.3 is 15.4 Å². The molecule has 1 aliphatic rings. The second kappa shape index (κ2) is 14.8. The Balaban J connectivity index is 1.74. The van der Waals surface area contributed by atoms with Crippen LogP contribution < -0.4 is 10.6 Å². The van der Waals surface area contributed by atoms with Gasteiger partial charge in [-0.05, 0) is 54.4 Å². The largest absolute Gasteiger partial charge is 0.491 e. The number of hydrogen-bond donors (Lipinski definition) is 1. The van der Waals surface area contributed by atoms with Crippen molar-refractivity contribution in [2.24, 2.45) is 5.73 Å². The highest BCUT2D eigenvalue weighted by atomic mass is 19.4. The normalized spacial score (nSPS) is 15.1. The number of unbranched alkanes of at least 4 members (excludes halogenated alkanes) is 1. The number of carbonyl (C=O) groups excluding carboxylic acids is 4. The van der Waals surface area contributed by atoms with Crippen LogP contribution in [0.1, 0.15) is 58.4 Å². The molecular formula is C37H30F3N3O5. The molecule has 0 aromatic heterocycles. The van der Waals surface area contributed by atoms with E-state index >= 15 is 0 Å². The smallest absolute Gasteiger partial charge is 0.386 e. The number of esters is 2. The SMILES string of the molecule is NCCCC#Cc1ccc2c(c1)C(=O)N(C(CC(=O)OC(=O)C(F)(F)F)c1ccccc1)C(c1ccccc1)C(=O)N2c1ccccc1. The van der Waals surface area contributed by atoms with Crippen LogP contribution in [0.15, 0.2) is 109 Å². The molecule has 2 atom stereocenters. The van der Waals surface area contributed by atoms with Crippen molar-refractivity contribution in [1.29, 1.82) is 0 Å². The van der Waals surface area contributed by atoms with E-state index in [1.165, 1.54) is 9.80 Å². The van der Waals surface area contributed by atoms with Crippen LogP contribution in [0.25, 0.3) is 0 Å². The van der Waals surface area contributed by atoms with Crippen LogP contribution in [0.5, 0.6) is 0 Å². The molecule has 2 N–H and O–H groups in total. The van der Waals surface area contributed by atoms with E-state index in [0.717, 1.165) is 0 Å². The number of rotatable bonds is 8. The highest BCUT2D eigenvalue weighted by Crippen LogP contribution is 2.43. The quantitative estimate of drug-likeness (QED) is 0.102. The van der Waals surface area contributed by atoms with Crippen molar-refractivity contribution in [3.8, 4) is 11.8 Å². The minimum Gasteiger partial charge on any atom is -0.386 e. The monoisotopic (exact) mass is 653 g/mol. The second-order valence-corrected chi connectivity index (χ2v) is 10.9. The average molecular weight is 654 g/mol. The summed E-state index contributed by atoms with van der Waals surface area (Å²) < 4.78 is 43.3. The molecule has 2 unspecified atom stereocenters. The summed E-state index contributed by atoms with van der Waals surface area (Å²) in [4.78, 5) is 57.0. The average Bonchev–Trinajstić information content (AvgIpc) is 3.18. The zero-order valence-corrected chi connectivity index (χ0v) is 25.5. The van der Waals surface area contributed by atoms with Crippen LogP contribution in [-0.4, -0.2) is 41.4 Å². The number of amides is 2. The van der Waals surface area contributed by atoms with E-state index in [1.807, 2.05) is 0 Å². The van der Waals surface area contributed by atoms with Crippen molar-refractivity contribution in [3.63, 3.8) is 0 Å². The van der Waals surface area contributed by atoms with Crippen LogP contribution in [0.4, 0.5) is 24.5 Å². The van der Waals surface area contributed by atoms with E-state index in [0.29, 0.717) is 41.8 Å². The lowest BCUT2D eigenvalue weighted by atomic mass is 9.95. The Hall–Kier alpha value is -5.73. The molecule has 4 aromatic rings. The van der Waals surface area contributed by atoms with E-state index in [1.54, 1.807) is 109 Å². The summed E-state index contributed by atoms with van der Waals surface area (Å²) >= 11 is 0. The zero-order valence-electron chi connectivity index (χ0n) is 25.5. The molecule has 0 bridgehead atoms. The fourth-order valence-corrected chi connectivity index (χ4v) is 5.47. The maximum atomic E-state index is 14.9. The van der Waals surface area contributed by atoms with Crippen LogP contribution in [-0.2, 0) is 19.1 Å². The van der Waals surface area contributed by atoms with Crippen molar-refractivity contribution in [2.45, 2.75) is 37.5 Å². The van der Waals surface area contributed by atoms with E-state index in [9.17, 15) is 32.3 Å². The topological polar surface area (TPSA) is 110 Å². The molecule has 244 valence electrons. The van der Waals surface area contributed by atoms with Crippen LogP contribution in [0, 0.1) is 11.8 Å². The molecule has 0 spiro atoms. The summed E-state index contributed by atoms with van der Waals surface area (Å²) in [5.74, 6) is 0.575. The Kier molecular flexibility index (Phi) is 10.4. The number of ether oxygens (including phenoxy) is 1. The van der Waals surface area contributed by atoms with Gasteiger partial charge in [-0.2, -0.15) is 13.2 Å². The van der Waals surface area contributed by atoms with Gasteiger partial charge in [-0.1, -0.05) is 90.7 Å². The van der Waals surface area contributed by atoms with Gasteiger partial charge in [0.1, 0.15) is 6.04 Å². The Bertz CT molecular complexity index is 1860. The molecule has 2 amide bonds. The molecule has 48 heavy (non-hydrogen) atoms. The third kappa shape index (κ3) is 7.45. The van der Waals surface area contributed by atoms with Crippen molar-refractivity contribution in [2.75, 3.05) is 11.4 Å². The zero-order chi connectivity index (χ0) is 34.3. The highest BCUT2D eigenvalue weighted by Gasteiger charge is 2.47. The number of halogens is 3. The van der Waals surface area contributed by atoms with E-state index in [2.05, 4.69) is 16.6 Å². The number of fused-ring (bicyclic) bond motifs is 1. The lowest BCUT2D eigenvalue weighted by molar-refractivity contribution is -0.202. The summed E-state index contributed by atoms with van der Waals surface area (Å²) in [5, 5.41) is 0. The Morgan fingerprint density at radius 1 is 0.875 bits per heavy atom. The highest BCUT2D eigenvalue weighted by molar-refractivity contribution is 6.14.